The van der Waals surface area contributed by atoms with Crippen LogP contribution in [0, 0.1) is 0 Å². The van der Waals surface area contributed by atoms with Gasteiger partial charge in [0.05, 0.1) is 17.0 Å². The number of pyridine rings is 1. The fourth-order valence-electron chi connectivity index (χ4n) is 1.59. The van der Waals surface area contributed by atoms with Gasteiger partial charge >= 0.3 is 6.18 Å². The molecule has 0 saturated carbocycles. The number of aromatic nitrogens is 1. The summed E-state index contributed by atoms with van der Waals surface area (Å²) >= 11 is 4.75. The molecule has 0 saturated heterocycles. The first-order chi connectivity index (χ1) is 7.81. The number of nitrogens with zero attached hydrogens (tertiary/aromatic N) is 1. The molecule has 0 spiro atoms. The summed E-state index contributed by atoms with van der Waals surface area (Å²) in [5.74, 6) is 0. The van der Waals surface area contributed by atoms with Gasteiger partial charge in [-0.2, -0.15) is 13.2 Å². The van der Waals surface area contributed by atoms with Crippen LogP contribution in [0.4, 0.5) is 13.2 Å². The van der Waals surface area contributed by atoms with E-state index in [0.29, 0.717) is 12.1 Å². The Kier molecular flexibility index (Phi) is 4.08. The first kappa shape index (κ1) is 13.9. The van der Waals surface area contributed by atoms with Gasteiger partial charge in [0.2, 0.25) is 0 Å². The number of nitrogens with two attached hydrogens (primary N) is 1. The predicted molar refractivity (Wildman–Crippen MR) is 63.9 cm³/mol. The largest absolute Gasteiger partial charge is 0.418 e. The van der Waals surface area contributed by atoms with E-state index in [0.717, 1.165) is 6.07 Å². The first-order valence-corrected chi connectivity index (χ1v) is 5.61. The minimum Gasteiger partial charge on any atom is -0.389 e. The molecule has 1 aromatic rings. The van der Waals surface area contributed by atoms with Crippen LogP contribution in [0.15, 0.2) is 6.07 Å². The highest BCUT2D eigenvalue weighted by Crippen LogP contribution is 2.33. The van der Waals surface area contributed by atoms with Crippen molar-refractivity contribution >= 4 is 17.2 Å². The van der Waals surface area contributed by atoms with Crippen LogP contribution in [0.3, 0.4) is 0 Å². The number of rotatable bonds is 3. The summed E-state index contributed by atoms with van der Waals surface area (Å²) in [6, 6.07) is 1.01. The molecule has 0 bridgehead atoms. The van der Waals surface area contributed by atoms with E-state index in [9.17, 15) is 13.2 Å². The molecule has 6 heteroatoms. The lowest BCUT2D eigenvalue weighted by Crippen LogP contribution is -2.19. The van der Waals surface area contributed by atoms with Gasteiger partial charge in [0, 0.05) is 5.56 Å². The molecule has 0 unspecified atom stereocenters. The molecule has 2 N–H and O–H groups in total. The molecule has 1 heterocycles. The van der Waals surface area contributed by atoms with E-state index in [4.69, 9.17) is 18.0 Å². The van der Waals surface area contributed by atoms with Crippen LogP contribution in [0.2, 0.25) is 0 Å². The zero-order chi connectivity index (χ0) is 13.2. The maximum atomic E-state index is 12.8. The Bertz CT molecular complexity index is 441. The quantitative estimate of drug-likeness (QED) is 0.851. The van der Waals surface area contributed by atoms with Gasteiger partial charge in [-0.1, -0.05) is 26.1 Å². The molecule has 94 valence electrons. The second-order valence-electron chi connectivity index (χ2n) is 3.55. The van der Waals surface area contributed by atoms with E-state index < -0.39 is 11.7 Å². The van der Waals surface area contributed by atoms with E-state index in [1.54, 1.807) is 13.8 Å². The SMILES string of the molecule is CCc1nc(CC)c(C(F)(F)F)cc1C(N)=S. The van der Waals surface area contributed by atoms with E-state index in [-0.39, 0.29) is 22.7 Å². The van der Waals surface area contributed by atoms with Gasteiger partial charge in [-0.15, -0.1) is 0 Å². The molecule has 0 aliphatic rings. The third-order valence-corrected chi connectivity index (χ3v) is 2.64. The van der Waals surface area contributed by atoms with Crippen molar-refractivity contribution in [3.8, 4) is 0 Å². The lowest BCUT2D eigenvalue weighted by molar-refractivity contribution is -0.138. The topological polar surface area (TPSA) is 38.9 Å². The van der Waals surface area contributed by atoms with Crippen LogP contribution in [-0.4, -0.2) is 9.97 Å². The zero-order valence-corrected chi connectivity index (χ0v) is 10.4. The molecule has 0 amide bonds. The smallest absolute Gasteiger partial charge is 0.389 e. The number of alkyl halides is 3. The van der Waals surface area contributed by atoms with Gasteiger partial charge in [-0.05, 0) is 18.9 Å². The standard InChI is InChI=1S/C11H13F3N2S/c1-3-8-6(10(15)17)5-7(11(12,13)14)9(4-2)16-8/h5H,3-4H2,1-2H3,(H2,15,17). The summed E-state index contributed by atoms with van der Waals surface area (Å²) in [7, 11) is 0. The summed E-state index contributed by atoms with van der Waals surface area (Å²) in [6.07, 6.45) is -3.71. The number of halogens is 3. The molecule has 2 nitrogen and oxygen atoms in total. The number of aryl methyl sites for hydroxylation is 2. The summed E-state index contributed by atoms with van der Waals surface area (Å²) in [5, 5.41) is 0. The Morgan fingerprint density at radius 2 is 1.82 bits per heavy atom. The number of thiocarbonyl (C=S) groups is 1. The summed E-state index contributed by atoms with van der Waals surface area (Å²) < 4.78 is 38.4. The molecule has 0 atom stereocenters. The maximum absolute atomic E-state index is 12.8. The third-order valence-electron chi connectivity index (χ3n) is 2.42. The van der Waals surface area contributed by atoms with Gasteiger partial charge in [0.25, 0.3) is 0 Å². The second kappa shape index (κ2) is 5.00. The number of hydrogen-bond acceptors (Lipinski definition) is 2. The van der Waals surface area contributed by atoms with Crippen LogP contribution >= 0.6 is 12.2 Å². The molecule has 1 rings (SSSR count). The van der Waals surface area contributed by atoms with Crippen molar-refractivity contribution in [3.05, 3.63) is 28.6 Å². The highest BCUT2D eigenvalue weighted by atomic mass is 32.1. The highest BCUT2D eigenvalue weighted by molar-refractivity contribution is 7.80. The molecule has 0 aliphatic heterocycles. The predicted octanol–water partition coefficient (Wildman–Crippen LogP) is 2.86. The van der Waals surface area contributed by atoms with Crippen molar-refractivity contribution in [1.29, 1.82) is 0 Å². The second-order valence-corrected chi connectivity index (χ2v) is 3.99. The van der Waals surface area contributed by atoms with E-state index in [2.05, 4.69) is 4.98 Å². The van der Waals surface area contributed by atoms with Crippen molar-refractivity contribution in [2.24, 2.45) is 5.73 Å². The van der Waals surface area contributed by atoms with Crippen molar-refractivity contribution in [1.82, 2.24) is 4.98 Å². The lowest BCUT2D eigenvalue weighted by atomic mass is 10.0. The van der Waals surface area contributed by atoms with Crippen molar-refractivity contribution < 1.29 is 13.2 Å². The Morgan fingerprint density at radius 3 is 2.18 bits per heavy atom. The van der Waals surface area contributed by atoms with Gasteiger partial charge in [0.1, 0.15) is 4.99 Å². The monoisotopic (exact) mass is 262 g/mol. The molecule has 17 heavy (non-hydrogen) atoms. The normalized spacial score (nSPS) is 11.6. The Labute approximate surface area is 103 Å². The number of hydrogen-bond donors (Lipinski definition) is 1. The summed E-state index contributed by atoms with van der Waals surface area (Å²) in [4.78, 5) is 3.96. The third kappa shape index (κ3) is 2.94. The minimum atomic E-state index is -4.43. The van der Waals surface area contributed by atoms with E-state index >= 15 is 0 Å². The van der Waals surface area contributed by atoms with Crippen molar-refractivity contribution in [3.63, 3.8) is 0 Å². The molecule has 0 aliphatic carbocycles. The van der Waals surface area contributed by atoms with Crippen molar-refractivity contribution in [2.45, 2.75) is 32.9 Å². The fourth-order valence-corrected chi connectivity index (χ4v) is 1.77. The highest BCUT2D eigenvalue weighted by Gasteiger charge is 2.34. The molecule has 0 aromatic carbocycles. The average Bonchev–Trinajstić information content (AvgIpc) is 2.25. The van der Waals surface area contributed by atoms with Gasteiger partial charge < -0.3 is 5.73 Å². The Balaban J connectivity index is 3.50. The van der Waals surface area contributed by atoms with Crippen LogP contribution in [0.5, 0.6) is 0 Å². The Morgan fingerprint density at radius 1 is 1.29 bits per heavy atom. The lowest BCUT2D eigenvalue weighted by Gasteiger charge is -2.15. The molecular weight excluding hydrogens is 249 g/mol. The summed E-state index contributed by atoms with van der Waals surface area (Å²) in [5.41, 5.74) is 5.44. The van der Waals surface area contributed by atoms with Crippen LogP contribution in [0.25, 0.3) is 0 Å². The van der Waals surface area contributed by atoms with Crippen LogP contribution < -0.4 is 5.73 Å². The first-order valence-electron chi connectivity index (χ1n) is 5.21. The zero-order valence-electron chi connectivity index (χ0n) is 9.56. The van der Waals surface area contributed by atoms with Crippen LogP contribution in [0.1, 0.15) is 36.4 Å². The average molecular weight is 262 g/mol. The Hall–Kier alpha value is -1.17. The molecule has 0 radical (unpaired) electrons. The molecule has 1 aromatic heterocycles. The van der Waals surface area contributed by atoms with Gasteiger partial charge in [-0.25, -0.2) is 0 Å². The van der Waals surface area contributed by atoms with E-state index in [1.807, 2.05) is 0 Å². The molecular formula is C11H13F3N2S. The molecule has 0 fully saturated rings. The fraction of sp³-hybridized carbons (Fsp3) is 0.455. The van der Waals surface area contributed by atoms with Gasteiger partial charge in [0.15, 0.2) is 0 Å². The van der Waals surface area contributed by atoms with Gasteiger partial charge in [-0.3, -0.25) is 4.98 Å². The van der Waals surface area contributed by atoms with Crippen molar-refractivity contribution in [2.75, 3.05) is 0 Å². The minimum absolute atomic E-state index is 0.0364. The van der Waals surface area contributed by atoms with Crippen LogP contribution in [-0.2, 0) is 19.0 Å². The summed E-state index contributed by atoms with van der Waals surface area (Å²) in [6.45, 7) is 3.44. The van der Waals surface area contributed by atoms with E-state index in [1.165, 1.54) is 0 Å². The maximum Gasteiger partial charge on any atom is 0.418 e.